The Bertz CT molecular complexity index is 740. The number of oxazole rings is 1. The van der Waals surface area contributed by atoms with Gasteiger partial charge in [-0.05, 0) is 19.1 Å². The highest BCUT2D eigenvalue weighted by Gasteiger charge is 2.28. The van der Waals surface area contributed by atoms with Crippen molar-refractivity contribution in [3.8, 4) is 17.1 Å². The zero-order chi connectivity index (χ0) is 18.4. The lowest BCUT2D eigenvalue weighted by Gasteiger charge is -2.25. The second kappa shape index (κ2) is 7.77. The molecule has 0 spiro atoms. The molecule has 25 heavy (non-hydrogen) atoms. The standard InChI is InChI=1S/C16H19N3O6/c1-16(7-20,8-21)19-15(23)14(22)18-10-3-4-11(12(5-10)24-2)13-6-17-9-25-13/h3-6,9,20-21H,7-8H2,1-2H3,(H,18,22)(H,19,23). The van der Waals surface area contributed by atoms with E-state index in [-0.39, 0.29) is 0 Å². The van der Waals surface area contributed by atoms with E-state index in [2.05, 4.69) is 15.6 Å². The number of carbonyl (C=O) groups is 2. The van der Waals surface area contributed by atoms with Crippen LogP contribution in [0.3, 0.4) is 0 Å². The normalized spacial score (nSPS) is 11.0. The van der Waals surface area contributed by atoms with Crippen LogP contribution in [0.15, 0.2) is 35.2 Å². The van der Waals surface area contributed by atoms with E-state index in [0.29, 0.717) is 22.8 Å². The molecule has 1 aromatic heterocycles. The molecule has 0 atom stereocenters. The minimum absolute atomic E-state index is 0.329. The molecule has 2 aromatic rings. The van der Waals surface area contributed by atoms with Crippen LogP contribution in [0.2, 0.25) is 0 Å². The van der Waals surface area contributed by atoms with Crippen LogP contribution in [0.1, 0.15) is 6.92 Å². The van der Waals surface area contributed by atoms with Crippen molar-refractivity contribution in [3.05, 3.63) is 30.8 Å². The van der Waals surface area contributed by atoms with E-state index in [9.17, 15) is 9.59 Å². The van der Waals surface area contributed by atoms with Crippen LogP contribution in [0.4, 0.5) is 5.69 Å². The Morgan fingerprint density at radius 3 is 2.56 bits per heavy atom. The Labute approximate surface area is 143 Å². The van der Waals surface area contributed by atoms with Gasteiger partial charge in [-0.3, -0.25) is 9.59 Å². The molecular formula is C16H19N3O6. The van der Waals surface area contributed by atoms with Crippen molar-refractivity contribution in [2.24, 2.45) is 0 Å². The molecule has 0 fully saturated rings. The third-order valence-electron chi connectivity index (χ3n) is 3.48. The summed E-state index contributed by atoms with van der Waals surface area (Å²) < 4.78 is 10.5. The summed E-state index contributed by atoms with van der Waals surface area (Å²) in [6, 6.07) is 4.75. The zero-order valence-electron chi connectivity index (χ0n) is 13.8. The van der Waals surface area contributed by atoms with Crippen LogP contribution >= 0.6 is 0 Å². The van der Waals surface area contributed by atoms with E-state index in [1.807, 2.05) is 0 Å². The Hall–Kier alpha value is -2.91. The average molecular weight is 349 g/mol. The first-order valence-corrected chi connectivity index (χ1v) is 7.34. The predicted octanol–water partition coefficient (Wildman–Crippen LogP) is 0.148. The Morgan fingerprint density at radius 2 is 2.00 bits per heavy atom. The van der Waals surface area contributed by atoms with E-state index in [1.54, 1.807) is 12.1 Å². The molecule has 9 nitrogen and oxygen atoms in total. The van der Waals surface area contributed by atoms with Crippen molar-refractivity contribution in [2.75, 3.05) is 25.6 Å². The van der Waals surface area contributed by atoms with Gasteiger partial charge < -0.3 is 30.0 Å². The van der Waals surface area contributed by atoms with Crippen LogP contribution in [0, 0.1) is 0 Å². The van der Waals surface area contributed by atoms with Gasteiger partial charge in [0, 0.05) is 11.8 Å². The van der Waals surface area contributed by atoms with E-state index in [1.165, 1.54) is 32.7 Å². The van der Waals surface area contributed by atoms with E-state index in [4.69, 9.17) is 19.4 Å². The van der Waals surface area contributed by atoms with Gasteiger partial charge in [-0.1, -0.05) is 0 Å². The number of nitrogens with zero attached hydrogens (tertiary/aromatic N) is 1. The lowest BCUT2D eigenvalue weighted by Crippen LogP contribution is -2.54. The largest absolute Gasteiger partial charge is 0.496 e. The number of aliphatic hydroxyl groups excluding tert-OH is 2. The molecular weight excluding hydrogens is 330 g/mol. The monoisotopic (exact) mass is 349 g/mol. The lowest BCUT2D eigenvalue weighted by molar-refractivity contribution is -0.138. The molecule has 2 rings (SSSR count). The number of rotatable bonds is 6. The maximum atomic E-state index is 12.0. The van der Waals surface area contributed by atoms with Gasteiger partial charge in [-0.15, -0.1) is 0 Å². The van der Waals surface area contributed by atoms with E-state index >= 15 is 0 Å². The molecule has 9 heteroatoms. The number of nitrogens with one attached hydrogen (secondary N) is 2. The lowest BCUT2D eigenvalue weighted by atomic mass is 10.1. The third kappa shape index (κ3) is 4.34. The summed E-state index contributed by atoms with van der Waals surface area (Å²) in [6.45, 7) is 0.387. The Balaban J connectivity index is 2.12. The van der Waals surface area contributed by atoms with Crippen molar-refractivity contribution >= 4 is 17.5 Å². The highest BCUT2D eigenvalue weighted by Crippen LogP contribution is 2.32. The Morgan fingerprint density at radius 1 is 1.28 bits per heavy atom. The predicted molar refractivity (Wildman–Crippen MR) is 87.8 cm³/mol. The first-order valence-electron chi connectivity index (χ1n) is 7.34. The second-order valence-electron chi connectivity index (χ2n) is 5.57. The summed E-state index contributed by atoms with van der Waals surface area (Å²) in [5, 5.41) is 23.0. The fourth-order valence-corrected chi connectivity index (χ4v) is 1.97. The molecule has 1 aromatic carbocycles. The number of methoxy groups -OCH3 is 1. The first-order chi connectivity index (χ1) is 11.9. The number of carbonyl (C=O) groups excluding carboxylic acids is 2. The van der Waals surface area contributed by atoms with Crippen molar-refractivity contribution in [2.45, 2.75) is 12.5 Å². The van der Waals surface area contributed by atoms with Gasteiger partial charge in [0.25, 0.3) is 0 Å². The minimum atomic E-state index is -1.29. The third-order valence-corrected chi connectivity index (χ3v) is 3.48. The summed E-state index contributed by atoms with van der Waals surface area (Å²) in [5.41, 5.74) is -0.326. The van der Waals surface area contributed by atoms with Crippen molar-refractivity contribution in [3.63, 3.8) is 0 Å². The fraction of sp³-hybridized carbons (Fsp3) is 0.312. The second-order valence-corrected chi connectivity index (χ2v) is 5.57. The maximum absolute atomic E-state index is 12.0. The molecule has 0 radical (unpaired) electrons. The molecule has 134 valence electrons. The molecule has 4 N–H and O–H groups in total. The number of anilines is 1. The van der Waals surface area contributed by atoms with Crippen LogP contribution in [-0.4, -0.2) is 52.9 Å². The number of aromatic nitrogens is 1. The van der Waals surface area contributed by atoms with Gasteiger partial charge in [0.05, 0.1) is 37.6 Å². The van der Waals surface area contributed by atoms with Gasteiger partial charge >= 0.3 is 11.8 Å². The summed E-state index contributed by atoms with van der Waals surface area (Å²) >= 11 is 0. The van der Waals surface area contributed by atoms with Gasteiger partial charge in [0.1, 0.15) is 5.75 Å². The SMILES string of the molecule is COc1cc(NC(=O)C(=O)NC(C)(CO)CO)ccc1-c1cnco1. The summed E-state index contributed by atoms with van der Waals surface area (Å²) in [4.78, 5) is 27.7. The van der Waals surface area contributed by atoms with E-state index < -0.39 is 30.6 Å². The summed E-state index contributed by atoms with van der Waals surface area (Å²) in [5.74, 6) is -1.01. The topological polar surface area (TPSA) is 134 Å². The quantitative estimate of drug-likeness (QED) is 0.545. The van der Waals surface area contributed by atoms with Crippen LogP contribution in [-0.2, 0) is 9.59 Å². The number of amides is 2. The first kappa shape index (κ1) is 18.4. The number of hydrogen-bond donors (Lipinski definition) is 4. The van der Waals surface area contributed by atoms with Gasteiger partial charge in [0.2, 0.25) is 0 Å². The van der Waals surface area contributed by atoms with Crippen LogP contribution < -0.4 is 15.4 Å². The highest BCUT2D eigenvalue weighted by molar-refractivity contribution is 6.39. The molecule has 1 heterocycles. The number of ether oxygens (including phenoxy) is 1. The zero-order valence-corrected chi connectivity index (χ0v) is 13.8. The van der Waals surface area contributed by atoms with Gasteiger partial charge in [0.15, 0.2) is 12.2 Å². The van der Waals surface area contributed by atoms with Gasteiger partial charge in [-0.25, -0.2) is 4.98 Å². The van der Waals surface area contributed by atoms with Crippen molar-refractivity contribution in [1.29, 1.82) is 0 Å². The fourth-order valence-electron chi connectivity index (χ4n) is 1.97. The maximum Gasteiger partial charge on any atom is 0.313 e. The molecule has 0 bridgehead atoms. The molecule has 0 saturated carbocycles. The van der Waals surface area contributed by atoms with Crippen LogP contribution in [0.5, 0.6) is 5.75 Å². The molecule has 0 saturated heterocycles. The number of benzene rings is 1. The minimum Gasteiger partial charge on any atom is -0.496 e. The van der Waals surface area contributed by atoms with Crippen molar-refractivity contribution < 1.29 is 29.0 Å². The summed E-state index contributed by atoms with van der Waals surface area (Å²) in [7, 11) is 1.46. The highest BCUT2D eigenvalue weighted by atomic mass is 16.5. The average Bonchev–Trinajstić information content (AvgIpc) is 3.15. The Kier molecular flexibility index (Phi) is 5.73. The van der Waals surface area contributed by atoms with E-state index in [0.717, 1.165) is 0 Å². The molecule has 0 aliphatic rings. The molecule has 0 unspecified atom stereocenters. The van der Waals surface area contributed by atoms with Crippen molar-refractivity contribution in [1.82, 2.24) is 10.3 Å². The number of aliphatic hydroxyl groups is 2. The number of hydrogen-bond acceptors (Lipinski definition) is 7. The van der Waals surface area contributed by atoms with Gasteiger partial charge in [-0.2, -0.15) is 0 Å². The smallest absolute Gasteiger partial charge is 0.313 e. The molecule has 0 aliphatic carbocycles. The molecule has 0 aliphatic heterocycles. The summed E-state index contributed by atoms with van der Waals surface area (Å²) in [6.07, 6.45) is 2.81. The molecule has 2 amide bonds. The van der Waals surface area contributed by atoms with Crippen LogP contribution in [0.25, 0.3) is 11.3 Å².